The molecule has 1 fully saturated rings. The van der Waals surface area contributed by atoms with Gasteiger partial charge in [0.2, 0.25) is 11.8 Å². The first-order valence-electron chi connectivity index (χ1n) is 5.38. The van der Waals surface area contributed by atoms with Crippen LogP contribution in [-0.2, 0) is 20.8 Å². The molecule has 0 unspecified atom stereocenters. The standard InChI is InChI=1S/C12H10N2O3/c15-9-5-12(17)14(6-9)8-1-2-10-7(3-8)4-11(16)13-10/h1-3H,4-6H2,(H,13,16). The molecular weight excluding hydrogens is 220 g/mol. The van der Waals surface area contributed by atoms with Crippen molar-refractivity contribution in [2.45, 2.75) is 12.8 Å². The van der Waals surface area contributed by atoms with Crippen LogP contribution in [0.25, 0.3) is 0 Å². The number of fused-ring (bicyclic) bond motifs is 1. The van der Waals surface area contributed by atoms with Gasteiger partial charge in [0.15, 0.2) is 5.78 Å². The van der Waals surface area contributed by atoms with Crippen molar-refractivity contribution in [3.63, 3.8) is 0 Å². The SMILES string of the molecule is O=C1CC(=O)N(c2ccc3c(c2)CC(=O)N3)C1. The number of rotatable bonds is 1. The molecule has 86 valence electrons. The average molecular weight is 230 g/mol. The van der Waals surface area contributed by atoms with Crippen molar-refractivity contribution in [2.24, 2.45) is 0 Å². The molecular formula is C12H10N2O3. The lowest BCUT2D eigenvalue weighted by atomic mass is 10.1. The van der Waals surface area contributed by atoms with Gasteiger partial charge >= 0.3 is 0 Å². The molecule has 2 heterocycles. The van der Waals surface area contributed by atoms with E-state index in [1.807, 2.05) is 0 Å². The van der Waals surface area contributed by atoms with E-state index in [-0.39, 0.29) is 30.6 Å². The molecule has 0 bridgehead atoms. The molecule has 3 rings (SSSR count). The molecule has 2 aliphatic rings. The minimum Gasteiger partial charge on any atom is -0.326 e. The van der Waals surface area contributed by atoms with Crippen molar-refractivity contribution in [1.82, 2.24) is 0 Å². The third kappa shape index (κ3) is 1.60. The quantitative estimate of drug-likeness (QED) is 0.714. The Morgan fingerprint density at radius 2 is 1.94 bits per heavy atom. The lowest BCUT2D eigenvalue weighted by Gasteiger charge is -2.15. The molecule has 0 saturated carbocycles. The van der Waals surface area contributed by atoms with E-state index >= 15 is 0 Å². The average Bonchev–Trinajstić information content (AvgIpc) is 2.78. The smallest absolute Gasteiger partial charge is 0.234 e. The fraction of sp³-hybridized carbons (Fsp3) is 0.250. The normalized spacial score (nSPS) is 18.6. The molecule has 17 heavy (non-hydrogen) atoms. The van der Waals surface area contributed by atoms with Crippen molar-refractivity contribution in [3.05, 3.63) is 23.8 Å². The zero-order valence-electron chi connectivity index (χ0n) is 9.03. The predicted octanol–water partition coefficient (Wildman–Crippen LogP) is 0.487. The number of hydrogen-bond acceptors (Lipinski definition) is 3. The summed E-state index contributed by atoms with van der Waals surface area (Å²) in [6.45, 7) is 0.138. The van der Waals surface area contributed by atoms with E-state index in [2.05, 4.69) is 5.32 Å². The van der Waals surface area contributed by atoms with E-state index in [1.165, 1.54) is 4.90 Å². The molecule has 1 aromatic carbocycles. The first-order chi connectivity index (χ1) is 8.13. The Morgan fingerprint density at radius 3 is 2.65 bits per heavy atom. The van der Waals surface area contributed by atoms with Crippen LogP contribution in [0.1, 0.15) is 12.0 Å². The Hall–Kier alpha value is -2.17. The van der Waals surface area contributed by atoms with Gasteiger partial charge in [-0.3, -0.25) is 14.4 Å². The molecule has 2 amide bonds. The molecule has 0 aliphatic carbocycles. The van der Waals surface area contributed by atoms with Gasteiger partial charge in [0, 0.05) is 11.4 Å². The van der Waals surface area contributed by atoms with Crippen LogP contribution in [0.4, 0.5) is 11.4 Å². The van der Waals surface area contributed by atoms with Crippen molar-refractivity contribution in [3.8, 4) is 0 Å². The molecule has 5 heteroatoms. The molecule has 5 nitrogen and oxygen atoms in total. The number of nitrogens with one attached hydrogen (secondary N) is 1. The number of carbonyl (C=O) groups is 3. The first-order valence-corrected chi connectivity index (χ1v) is 5.38. The second-order valence-corrected chi connectivity index (χ2v) is 4.26. The molecule has 0 radical (unpaired) electrons. The zero-order valence-corrected chi connectivity index (χ0v) is 9.03. The second kappa shape index (κ2) is 3.41. The Labute approximate surface area is 97.4 Å². The third-order valence-electron chi connectivity index (χ3n) is 3.01. The summed E-state index contributed by atoms with van der Waals surface area (Å²) >= 11 is 0. The maximum Gasteiger partial charge on any atom is 0.234 e. The lowest BCUT2D eigenvalue weighted by Crippen LogP contribution is -2.24. The van der Waals surface area contributed by atoms with Gasteiger partial charge in [-0.05, 0) is 23.8 Å². The van der Waals surface area contributed by atoms with Crippen LogP contribution in [0.3, 0.4) is 0 Å². The summed E-state index contributed by atoms with van der Waals surface area (Å²) in [5, 5.41) is 2.73. The number of amides is 2. The van der Waals surface area contributed by atoms with E-state index in [4.69, 9.17) is 0 Å². The van der Waals surface area contributed by atoms with Gasteiger partial charge in [-0.1, -0.05) is 0 Å². The molecule has 1 aromatic rings. The monoisotopic (exact) mass is 230 g/mol. The van der Waals surface area contributed by atoms with Gasteiger partial charge in [0.1, 0.15) is 0 Å². The molecule has 1 N–H and O–H groups in total. The van der Waals surface area contributed by atoms with Crippen LogP contribution in [0, 0.1) is 0 Å². The summed E-state index contributed by atoms with van der Waals surface area (Å²) in [5.74, 6) is -0.280. The number of nitrogens with zero attached hydrogens (tertiary/aromatic N) is 1. The fourth-order valence-corrected chi connectivity index (χ4v) is 2.20. The van der Waals surface area contributed by atoms with Gasteiger partial charge in [-0.2, -0.15) is 0 Å². The van der Waals surface area contributed by atoms with E-state index in [1.54, 1.807) is 18.2 Å². The summed E-state index contributed by atoms with van der Waals surface area (Å²) in [5.41, 5.74) is 2.35. The highest BCUT2D eigenvalue weighted by molar-refractivity contribution is 6.15. The largest absolute Gasteiger partial charge is 0.326 e. The van der Waals surface area contributed by atoms with Gasteiger partial charge in [0.05, 0.1) is 19.4 Å². The second-order valence-electron chi connectivity index (χ2n) is 4.26. The Balaban J connectivity index is 1.95. The van der Waals surface area contributed by atoms with Crippen molar-refractivity contribution in [1.29, 1.82) is 0 Å². The van der Waals surface area contributed by atoms with Gasteiger partial charge in [0.25, 0.3) is 0 Å². The lowest BCUT2D eigenvalue weighted by molar-refractivity contribution is -0.121. The molecule has 1 saturated heterocycles. The minimum atomic E-state index is -0.174. The van der Waals surface area contributed by atoms with E-state index in [0.717, 1.165) is 11.3 Å². The topological polar surface area (TPSA) is 66.5 Å². The van der Waals surface area contributed by atoms with Crippen LogP contribution in [0.15, 0.2) is 18.2 Å². The third-order valence-corrected chi connectivity index (χ3v) is 3.01. The summed E-state index contributed by atoms with van der Waals surface area (Å²) in [7, 11) is 0. The number of hydrogen-bond donors (Lipinski definition) is 1. The maximum atomic E-state index is 11.6. The number of Topliss-reactive ketones (excluding diaryl/α,β-unsaturated/α-hetero) is 1. The summed E-state index contributed by atoms with van der Waals surface area (Å²) in [4.78, 5) is 35.4. The number of benzene rings is 1. The van der Waals surface area contributed by atoms with Crippen LogP contribution >= 0.6 is 0 Å². The summed E-state index contributed by atoms with van der Waals surface area (Å²) < 4.78 is 0. The van der Waals surface area contributed by atoms with Gasteiger partial charge in [-0.25, -0.2) is 0 Å². The Kier molecular flexibility index (Phi) is 2.01. The molecule has 0 atom stereocenters. The Bertz CT molecular complexity index is 551. The fourth-order valence-electron chi connectivity index (χ4n) is 2.20. The number of ketones is 1. The highest BCUT2D eigenvalue weighted by atomic mass is 16.2. The maximum absolute atomic E-state index is 11.6. The van der Waals surface area contributed by atoms with E-state index in [9.17, 15) is 14.4 Å². The van der Waals surface area contributed by atoms with Crippen LogP contribution < -0.4 is 10.2 Å². The van der Waals surface area contributed by atoms with Crippen molar-refractivity contribution in [2.75, 3.05) is 16.8 Å². The summed E-state index contributed by atoms with van der Waals surface area (Å²) in [6, 6.07) is 5.32. The van der Waals surface area contributed by atoms with Crippen molar-refractivity contribution < 1.29 is 14.4 Å². The van der Waals surface area contributed by atoms with Crippen LogP contribution in [-0.4, -0.2) is 24.1 Å². The van der Waals surface area contributed by atoms with E-state index in [0.29, 0.717) is 12.1 Å². The molecule has 0 spiro atoms. The van der Waals surface area contributed by atoms with Crippen LogP contribution in [0.5, 0.6) is 0 Å². The molecule has 0 aromatic heterocycles. The highest BCUT2D eigenvalue weighted by Gasteiger charge is 2.29. The van der Waals surface area contributed by atoms with Crippen molar-refractivity contribution >= 4 is 29.0 Å². The van der Waals surface area contributed by atoms with Gasteiger partial charge in [-0.15, -0.1) is 0 Å². The van der Waals surface area contributed by atoms with Gasteiger partial charge < -0.3 is 10.2 Å². The predicted molar refractivity (Wildman–Crippen MR) is 60.8 cm³/mol. The first kappa shape index (κ1) is 10.0. The van der Waals surface area contributed by atoms with E-state index < -0.39 is 0 Å². The summed E-state index contributed by atoms with van der Waals surface area (Å²) in [6.07, 6.45) is 0.313. The molecule has 2 aliphatic heterocycles. The number of carbonyl (C=O) groups excluding carboxylic acids is 3. The number of anilines is 2. The minimum absolute atomic E-state index is 0.0196. The Morgan fingerprint density at radius 1 is 1.12 bits per heavy atom. The zero-order chi connectivity index (χ0) is 12.0. The highest BCUT2D eigenvalue weighted by Crippen LogP contribution is 2.29. The van der Waals surface area contributed by atoms with Crippen LogP contribution in [0.2, 0.25) is 0 Å².